The quantitative estimate of drug-likeness (QED) is 0.553. The summed E-state index contributed by atoms with van der Waals surface area (Å²) in [6, 6.07) is 5.38. The molecule has 1 saturated heterocycles. The zero-order valence-electron chi connectivity index (χ0n) is 16.4. The van der Waals surface area contributed by atoms with Crippen molar-refractivity contribution in [2.75, 3.05) is 7.05 Å². The second-order valence-corrected chi connectivity index (χ2v) is 6.78. The number of hydrogen-bond donors (Lipinski definition) is 3. The number of carbonyl (C=O) groups excluding carboxylic acids is 2. The Labute approximate surface area is 164 Å². The lowest BCUT2D eigenvalue weighted by Gasteiger charge is -2.12. The molecule has 2 aromatic rings. The van der Waals surface area contributed by atoms with E-state index in [1.54, 1.807) is 24.4 Å². The minimum absolute atomic E-state index is 0.0473. The largest absolute Gasteiger partial charge is 0.490 e. The van der Waals surface area contributed by atoms with Gasteiger partial charge in [0.1, 0.15) is 5.75 Å². The van der Waals surface area contributed by atoms with Gasteiger partial charge in [-0.2, -0.15) is 0 Å². The third-order valence-electron chi connectivity index (χ3n) is 4.42. The van der Waals surface area contributed by atoms with Gasteiger partial charge in [-0.3, -0.25) is 14.4 Å². The van der Waals surface area contributed by atoms with E-state index >= 15 is 0 Å². The van der Waals surface area contributed by atoms with Crippen LogP contribution in [-0.4, -0.2) is 36.4 Å². The summed E-state index contributed by atoms with van der Waals surface area (Å²) in [4.78, 5) is 36.1. The fourth-order valence-electron chi connectivity index (χ4n) is 3.19. The van der Waals surface area contributed by atoms with Crippen molar-refractivity contribution in [3.8, 4) is 5.75 Å². The molecule has 2 unspecified atom stereocenters. The maximum atomic E-state index is 11.6. The topological polar surface area (TPSA) is 114 Å². The summed E-state index contributed by atoms with van der Waals surface area (Å²) in [5, 5.41) is 4.14. The van der Waals surface area contributed by atoms with E-state index in [1.165, 1.54) is 7.05 Å². The Morgan fingerprint density at radius 3 is 2.61 bits per heavy atom. The standard InChI is InChI=1S/C13H13NO3.C7H9NO.CH5N/c1-8(2)17-12-6-11-9(5-10(12)7-15)3-4-14-13(11)16;9-7-5-2-1-3-6(4-5)8-7;1-2/h3-8H,1-2H3,(H,14,16);1,3,5-6H,2,4H2,(H,8,9);2H2,1H3. The fraction of sp³-hybridized carbons (Fsp3) is 0.381. The zero-order valence-corrected chi connectivity index (χ0v) is 16.4. The number of carbonyl (C=O) groups is 2. The molecule has 7 heteroatoms. The van der Waals surface area contributed by atoms with Crippen molar-refractivity contribution in [2.24, 2.45) is 11.7 Å². The van der Waals surface area contributed by atoms with Crippen molar-refractivity contribution in [3.05, 3.63) is 52.5 Å². The van der Waals surface area contributed by atoms with E-state index in [1.807, 2.05) is 13.8 Å². The fourth-order valence-corrected chi connectivity index (χ4v) is 3.19. The molecule has 28 heavy (non-hydrogen) atoms. The summed E-state index contributed by atoms with van der Waals surface area (Å²) in [7, 11) is 1.50. The van der Waals surface area contributed by atoms with Gasteiger partial charge in [-0.25, -0.2) is 0 Å². The average molecular weight is 385 g/mol. The van der Waals surface area contributed by atoms with Gasteiger partial charge in [0.05, 0.1) is 17.1 Å². The lowest BCUT2D eigenvalue weighted by Crippen LogP contribution is -2.23. The molecule has 7 nitrogen and oxygen atoms in total. The number of H-pyrrole nitrogens is 1. The Morgan fingerprint density at radius 1 is 1.25 bits per heavy atom. The number of pyridine rings is 1. The van der Waals surface area contributed by atoms with E-state index in [-0.39, 0.29) is 17.6 Å². The summed E-state index contributed by atoms with van der Waals surface area (Å²) in [5.74, 6) is 0.976. The summed E-state index contributed by atoms with van der Waals surface area (Å²) in [6.45, 7) is 3.74. The highest BCUT2D eigenvalue weighted by atomic mass is 16.5. The predicted molar refractivity (Wildman–Crippen MR) is 110 cm³/mol. The van der Waals surface area contributed by atoms with Crippen LogP contribution in [0.4, 0.5) is 0 Å². The highest BCUT2D eigenvalue weighted by molar-refractivity contribution is 5.91. The molecular weight excluding hydrogens is 358 g/mol. The van der Waals surface area contributed by atoms with E-state index in [9.17, 15) is 14.4 Å². The summed E-state index contributed by atoms with van der Waals surface area (Å²) >= 11 is 0. The Balaban J connectivity index is 0.000000213. The molecule has 0 radical (unpaired) electrons. The number of aromatic nitrogens is 1. The Bertz CT molecular complexity index is 917. The van der Waals surface area contributed by atoms with Crippen LogP contribution in [0.2, 0.25) is 0 Å². The first kappa shape index (κ1) is 21.4. The first-order chi connectivity index (χ1) is 13.5. The van der Waals surface area contributed by atoms with E-state index in [0.717, 1.165) is 24.5 Å². The molecule has 1 aliphatic heterocycles. The number of benzene rings is 1. The van der Waals surface area contributed by atoms with Crippen LogP contribution in [0.1, 0.15) is 37.0 Å². The summed E-state index contributed by atoms with van der Waals surface area (Å²) < 4.78 is 5.52. The number of aromatic amines is 1. The normalized spacial score (nSPS) is 19.2. The molecule has 1 aliphatic carbocycles. The van der Waals surface area contributed by atoms with Gasteiger partial charge in [0.25, 0.3) is 5.56 Å². The average Bonchev–Trinajstić information content (AvgIpc) is 2.94. The summed E-state index contributed by atoms with van der Waals surface area (Å²) in [6.07, 6.45) is 8.39. The van der Waals surface area contributed by atoms with Gasteiger partial charge in [0.2, 0.25) is 5.91 Å². The smallest absolute Gasteiger partial charge is 0.255 e. The van der Waals surface area contributed by atoms with Crippen molar-refractivity contribution in [2.45, 2.75) is 38.8 Å². The van der Waals surface area contributed by atoms with Crippen LogP contribution in [0.25, 0.3) is 10.8 Å². The van der Waals surface area contributed by atoms with Crippen LogP contribution in [0.3, 0.4) is 0 Å². The van der Waals surface area contributed by atoms with Crippen LogP contribution in [0.5, 0.6) is 5.75 Å². The van der Waals surface area contributed by atoms with E-state index in [2.05, 4.69) is 28.2 Å². The maximum absolute atomic E-state index is 11.6. The number of aldehydes is 1. The van der Waals surface area contributed by atoms with E-state index < -0.39 is 0 Å². The molecule has 2 heterocycles. The van der Waals surface area contributed by atoms with Gasteiger partial charge in [-0.15, -0.1) is 0 Å². The van der Waals surface area contributed by atoms with Gasteiger partial charge < -0.3 is 20.8 Å². The van der Waals surface area contributed by atoms with Crippen molar-refractivity contribution in [1.82, 2.24) is 10.3 Å². The molecule has 4 N–H and O–H groups in total. The Hall–Kier alpha value is -2.93. The van der Waals surface area contributed by atoms with Gasteiger partial charge in [0, 0.05) is 18.2 Å². The second kappa shape index (κ2) is 9.85. The predicted octanol–water partition coefficient (Wildman–Crippen LogP) is 2.15. The molecule has 1 amide bonds. The van der Waals surface area contributed by atoms with E-state index in [0.29, 0.717) is 28.7 Å². The molecule has 2 bridgehead atoms. The zero-order chi connectivity index (χ0) is 20.7. The number of nitrogens with two attached hydrogens (primary N) is 1. The van der Waals surface area contributed by atoms with Gasteiger partial charge in [-0.1, -0.05) is 12.2 Å². The number of hydrogen-bond acceptors (Lipinski definition) is 5. The van der Waals surface area contributed by atoms with Crippen molar-refractivity contribution < 1.29 is 14.3 Å². The SMILES string of the molecule is CC(C)Oc1cc2c(=O)[nH]ccc2cc1C=O.CN.O=C1NC2C=CCC1C2. The number of allylic oxidation sites excluding steroid dienone is 1. The van der Waals surface area contributed by atoms with Crippen molar-refractivity contribution in [1.29, 1.82) is 0 Å². The van der Waals surface area contributed by atoms with Crippen molar-refractivity contribution in [3.63, 3.8) is 0 Å². The lowest BCUT2D eigenvalue weighted by atomic mass is 9.96. The monoisotopic (exact) mass is 385 g/mol. The Morgan fingerprint density at radius 2 is 2.00 bits per heavy atom. The molecule has 1 fully saturated rings. The highest BCUT2D eigenvalue weighted by Gasteiger charge is 2.31. The van der Waals surface area contributed by atoms with Crippen LogP contribution in [-0.2, 0) is 4.79 Å². The van der Waals surface area contributed by atoms with Crippen LogP contribution < -0.4 is 21.3 Å². The lowest BCUT2D eigenvalue weighted by molar-refractivity contribution is -0.122. The number of nitrogens with one attached hydrogen (secondary N) is 2. The Kier molecular flexibility index (Phi) is 7.52. The number of fused-ring (bicyclic) bond motifs is 3. The molecule has 2 atom stereocenters. The third kappa shape index (κ3) is 5.07. The van der Waals surface area contributed by atoms with E-state index in [4.69, 9.17) is 4.74 Å². The summed E-state index contributed by atoms with van der Waals surface area (Å²) in [5.41, 5.74) is 4.77. The third-order valence-corrected chi connectivity index (χ3v) is 4.42. The molecule has 0 saturated carbocycles. The molecule has 1 aromatic heterocycles. The van der Waals surface area contributed by atoms with Crippen LogP contribution in [0.15, 0.2) is 41.3 Å². The first-order valence-corrected chi connectivity index (χ1v) is 9.30. The van der Waals surface area contributed by atoms with Crippen molar-refractivity contribution >= 4 is 23.0 Å². The molecule has 1 aromatic carbocycles. The first-order valence-electron chi connectivity index (χ1n) is 9.30. The van der Waals surface area contributed by atoms with Crippen LogP contribution >= 0.6 is 0 Å². The molecule has 2 aliphatic rings. The highest BCUT2D eigenvalue weighted by Crippen LogP contribution is 2.25. The molecule has 0 spiro atoms. The molecular formula is C21H27N3O4. The molecule has 4 rings (SSSR count). The number of amides is 1. The minimum Gasteiger partial charge on any atom is -0.490 e. The number of ether oxygens (including phenoxy) is 1. The molecule has 150 valence electrons. The number of rotatable bonds is 3. The van der Waals surface area contributed by atoms with Crippen LogP contribution in [0, 0.1) is 5.92 Å². The minimum atomic E-state index is -0.187. The maximum Gasteiger partial charge on any atom is 0.255 e. The second-order valence-electron chi connectivity index (χ2n) is 6.78. The van der Waals surface area contributed by atoms with Gasteiger partial charge >= 0.3 is 0 Å². The van der Waals surface area contributed by atoms with Gasteiger partial charge in [0.15, 0.2) is 6.29 Å². The van der Waals surface area contributed by atoms with Gasteiger partial charge in [-0.05, 0) is 57.3 Å².